The van der Waals surface area contributed by atoms with Crippen LogP contribution in [-0.2, 0) is 6.61 Å². The van der Waals surface area contributed by atoms with Crippen LogP contribution in [-0.4, -0.2) is 29.1 Å². The average Bonchev–Trinajstić information content (AvgIpc) is 2.93. The van der Waals surface area contributed by atoms with Gasteiger partial charge in [-0.05, 0) is 91.0 Å². The van der Waals surface area contributed by atoms with Crippen molar-refractivity contribution in [1.29, 1.82) is 0 Å². The summed E-state index contributed by atoms with van der Waals surface area (Å²) in [5.41, 5.74) is 4.14. The standard InChI is InChI=1S/C30H27BO7/c1-19-17-27(20(2)21(3)28(19)38-30(33)23-7-5-4-6-8-23)37-29(32)24-11-9-22(10-12-24)18-36-26-15-13-25(14-16-26)31(34)35/h4-17,34-35H,18H2,1-3H3. The first-order valence-electron chi connectivity index (χ1n) is 12.0. The summed E-state index contributed by atoms with van der Waals surface area (Å²) in [6.07, 6.45) is 0. The van der Waals surface area contributed by atoms with Crippen LogP contribution in [0.4, 0.5) is 0 Å². The second-order valence-electron chi connectivity index (χ2n) is 8.84. The highest BCUT2D eigenvalue weighted by atomic mass is 16.5. The normalized spacial score (nSPS) is 10.6. The molecule has 0 aliphatic heterocycles. The van der Waals surface area contributed by atoms with E-state index in [1.165, 1.54) is 0 Å². The van der Waals surface area contributed by atoms with Crippen molar-refractivity contribution in [2.75, 3.05) is 0 Å². The van der Waals surface area contributed by atoms with Crippen molar-refractivity contribution < 1.29 is 33.8 Å². The smallest absolute Gasteiger partial charge is 0.488 e. The van der Waals surface area contributed by atoms with Crippen LogP contribution in [0.2, 0.25) is 0 Å². The topological polar surface area (TPSA) is 102 Å². The first kappa shape index (κ1) is 26.7. The second-order valence-corrected chi connectivity index (χ2v) is 8.84. The lowest BCUT2D eigenvalue weighted by Gasteiger charge is -2.16. The van der Waals surface area contributed by atoms with Gasteiger partial charge in [0.25, 0.3) is 0 Å². The molecular formula is C30H27BO7. The van der Waals surface area contributed by atoms with Gasteiger partial charge in [0.05, 0.1) is 11.1 Å². The zero-order valence-corrected chi connectivity index (χ0v) is 21.3. The van der Waals surface area contributed by atoms with E-state index < -0.39 is 19.1 Å². The van der Waals surface area contributed by atoms with Crippen LogP contribution in [0.25, 0.3) is 0 Å². The van der Waals surface area contributed by atoms with Crippen molar-refractivity contribution >= 4 is 24.5 Å². The minimum Gasteiger partial charge on any atom is -0.489 e. The fourth-order valence-corrected chi connectivity index (χ4v) is 3.81. The van der Waals surface area contributed by atoms with Gasteiger partial charge < -0.3 is 24.3 Å². The highest BCUT2D eigenvalue weighted by molar-refractivity contribution is 6.58. The Morgan fingerprint density at radius 1 is 0.737 bits per heavy atom. The Hall–Kier alpha value is -4.40. The highest BCUT2D eigenvalue weighted by Crippen LogP contribution is 2.34. The molecule has 8 heteroatoms. The van der Waals surface area contributed by atoms with Crippen LogP contribution < -0.4 is 19.7 Å². The summed E-state index contributed by atoms with van der Waals surface area (Å²) in [4.78, 5) is 25.4. The first-order valence-corrected chi connectivity index (χ1v) is 12.0. The van der Waals surface area contributed by atoms with E-state index in [1.54, 1.807) is 85.8 Å². The molecular weight excluding hydrogens is 483 g/mol. The Labute approximate surface area is 221 Å². The summed E-state index contributed by atoms with van der Waals surface area (Å²) in [5.74, 6) is 0.463. The van der Waals surface area contributed by atoms with Gasteiger partial charge in [-0.1, -0.05) is 42.5 Å². The summed E-state index contributed by atoms with van der Waals surface area (Å²) < 4.78 is 17.1. The molecule has 0 atom stereocenters. The van der Waals surface area contributed by atoms with Crippen molar-refractivity contribution in [1.82, 2.24) is 0 Å². The predicted molar refractivity (Wildman–Crippen MR) is 144 cm³/mol. The first-order chi connectivity index (χ1) is 18.2. The lowest BCUT2D eigenvalue weighted by atomic mass is 9.80. The van der Waals surface area contributed by atoms with E-state index in [0.29, 0.717) is 50.5 Å². The van der Waals surface area contributed by atoms with Gasteiger partial charge >= 0.3 is 19.1 Å². The Morgan fingerprint density at radius 3 is 1.97 bits per heavy atom. The van der Waals surface area contributed by atoms with E-state index in [9.17, 15) is 19.6 Å². The van der Waals surface area contributed by atoms with Crippen molar-refractivity contribution in [3.05, 3.63) is 118 Å². The molecule has 192 valence electrons. The SMILES string of the molecule is Cc1cc(OC(=O)c2ccc(COc3ccc(B(O)O)cc3)cc2)c(C)c(C)c1OC(=O)c1ccccc1. The summed E-state index contributed by atoms with van der Waals surface area (Å²) >= 11 is 0. The molecule has 4 aromatic carbocycles. The van der Waals surface area contributed by atoms with Crippen LogP contribution >= 0.6 is 0 Å². The molecule has 0 aromatic heterocycles. The lowest BCUT2D eigenvalue weighted by molar-refractivity contribution is 0.0716. The maximum atomic E-state index is 12.8. The molecule has 0 amide bonds. The molecule has 0 unspecified atom stereocenters. The Morgan fingerprint density at radius 2 is 1.34 bits per heavy atom. The number of hydrogen-bond acceptors (Lipinski definition) is 7. The van der Waals surface area contributed by atoms with Gasteiger partial charge in [0.1, 0.15) is 23.9 Å². The summed E-state index contributed by atoms with van der Waals surface area (Å²) in [6, 6.07) is 23.8. The number of carbonyl (C=O) groups excluding carboxylic acids is 2. The zero-order valence-electron chi connectivity index (χ0n) is 21.3. The molecule has 0 fully saturated rings. The molecule has 4 aromatic rings. The van der Waals surface area contributed by atoms with Crippen molar-refractivity contribution in [2.45, 2.75) is 27.4 Å². The summed E-state index contributed by atoms with van der Waals surface area (Å²) in [6.45, 7) is 5.70. The van der Waals surface area contributed by atoms with E-state index >= 15 is 0 Å². The number of benzene rings is 4. The quantitative estimate of drug-likeness (QED) is 0.207. The van der Waals surface area contributed by atoms with E-state index in [0.717, 1.165) is 5.56 Å². The maximum Gasteiger partial charge on any atom is 0.488 e. The summed E-state index contributed by atoms with van der Waals surface area (Å²) in [7, 11) is -1.52. The molecule has 4 rings (SSSR count). The number of ether oxygens (including phenoxy) is 3. The zero-order chi connectivity index (χ0) is 27.2. The van der Waals surface area contributed by atoms with Crippen molar-refractivity contribution in [3.8, 4) is 17.2 Å². The van der Waals surface area contributed by atoms with E-state index in [1.807, 2.05) is 19.9 Å². The van der Waals surface area contributed by atoms with E-state index in [-0.39, 0.29) is 6.61 Å². The molecule has 0 spiro atoms. The van der Waals surface area contributed by atoms with Crippen LogP contribution in [0, 0.1) is 20.8 Å². The maximum absolute atomic E-state index is 12.8. The monoisotopic (exact) mass is 510 g/mol. The third-order valence-electron chi connectivity index (χ3n) is 6.16. The van der Waals surface area contributed by atoms with E-state index in [2.05, 4.69) is 0 Å². The molecule has 0 bridgehead atoms. The number of esters is 2. The van der Waals surface area contributed by atoms with Gasteiger partial charge in [0.15, 0.2) is 0 Å². The molecule has 0 saturated carbocycles. The third-order valence-corrected chi connectivity index (χ3v) is 6.16. The Balaban J connectivity index is 1.40. The average molecular weight is 510 g/mol. The molecule has 2 N–H and O–H groups in total. The fourth-order valence-electron chi connectivity index (χ4n) is 3.81. The molecule has 0 heterocycles. The van der Waals surface area contributed by atoms with Crippen molar-refractivity contribution in [2.24, 2.45) is 0 Å². The lowest BCUT2D eigenvalue weighted by Crippen LogP contribution is -2.29. The third kappa shape index (κ3) is 6.29. The van der Waals surface area contributed by atoms with Gasteiger partial charge in [0.2, 0.25) is 0 Å². The number of hydrogen-bond donors (Lipinski definition) is 2. The summed E-state index contributed by atoms with van der Waals surface area (Å²) in [5, 5.41) is 18.3. The minimum absolute atomic E-state index is 0.275. The second kappa shape index (κ2) is 11.8. The van der Waals surface area contributed by atoms with Gasteiger partial charge in [0, 0.05) is 0 Å². The number of carbonyl (C=O) groups is 2. The number of aryl methyl sites for hydroxylation is 1. The number of rotatable bonds is 8. The van der Waals surface area contributed by atoms with Crippen LogP contribution in [0.15, 0.2) is 84.9 Å². The fraction of sp³-hybridized carbons (Fsp3) is 0.133. The van der Waals surface area contributed by atoms with Gasteiger partial charge in [-0.25, -0.2) is 9.59 Å². The Kier molecular flexibility index (Phi) is 8.26. The molecule has 0 radical (unpaired) electrons. The van der Waals surface area contributed by atoms with Crippen LogP contribution in [0.5, 0.6) is 17.2 Å². The van der Waals surface area contributed by atoms with Crippen LogP contribution in [0.1, 0.15) is 43.0 Å². The van der Waals surface area contributed by atoms with E-state index in [4.69, 9.17) is 14.2 Å². The van der Waals surface area contributed by atoms with Crippen molar-refractivity contribution in [3.63, 3.8) is 0 Å². The van der Waals surface area contributed by atoms with Gasteiger partial charge in [-0.15, -0.1) is 0 Å². The molecule has 7 nitrogen and oxygen atoms in total. The predicted octanol–water partition coefficient (Wildman–Crippen LogP) is 4.31. The molecule has 0 saturated heterocycles. The van der Waals surface area contributed by atoms with Gasteiger partial charge in [-0.3, -0.25) is 0 Å². The molecule has 0 aliphatic carbocycles. The molecule has 38 heavy (non-hydrogen) atoms. The van der Waals surface area contributed by atoms with Crippen LogP contribution in [0.3, 0.4) is 0 Å². The molecule has 0 aliphatic rings. The Bertz CT molecular complexity index is 1430. The minimum atomic E-state index is -1.52. The van der Waals surface area contributed by atoms with Gasteiger partial charge in [-0.2, -0.15) is 0 Å². The highest BCUT2D eigenvalue weighted by Gasteiger charge is 2.19. The largest absolute Gasteiger partial charge is 0.489 e.